The number of piperidine rings is 1. The molecule has 0 aliphatic carbocycles. The Morgan fingerprint density at radius 3 is 2.60 bits per heavy atom. The molecule has 1 fully saturated rings. The molecule has 2 aromatic carbocycles. The van der Waals surface area contributed by atoms with E-state index in [1.54, 1.807) is 10.9 Å². The lowest BCUT2D eigenvalue weighted by Crippen LogP contribution is -2.39. The summed E-state index contributed by atoms with van der Waals surface area (Å²) in [5, 5.41) is 1.80. The van der Waals surface area contributed by atoms with Gasteiger partial charge >= 0.3 is 0 Å². The van der Waals surface area contributed by atoms with Crippen molar-refractivity contribution >= 4 is 29.1 Å². The summed E-state index contributed by atoms with van der Waals surface area (Å²) in [5.41, 5.74) is 2.95. The van der Waals surface area contributed by atoms with Gasteiger partial charge in [0.15, 0.2) is 11.6 Å². The largest absolute Gasteiger partial charge is 0.487 e. The standard InChI is InChI=1S/C22H23F2N3OS2/c1-15(16-5-3-2-4-6-16)27-11-9-17(10-12-27)28-18-7-8-19(22(24)21(18)23)30-26-20-13-29-14-25-20/h2-8,13-15,17,26H,9-12H2,1H3. The first-order valence-electron chi connectivity index (χ1n) is 9.86. The van der Waals surface area contributed by atoms with E-state index in [-0.39, 0.29) is 16.7 Å². The maximum absolute atomic E-state index is 14.5. The average Bonchev–Trinajstić information content (AvgIpc) is 3.31. The molecule has 0 bridgehead atoms. The van der Waals surface area contributed by atoms with Gasteiger partial charge in [-0.05, 0) is 49.4 Å². The highest BCUT2D eigenvalue weighted by Gasteiger charge is 2.26. The summed E-state index contributed by atoms with van der Waals surface area (Å²) in [5.74, 6) is -1.27. The summed E-state index contributed by atoms with van der Waals surface area (Å²) in [6.07, 6.45) is 1.44. The lowest BCUT2D eigenvalue weighted by Gasteiger charge is -2.36. The Labute approximate surface area is 183 Å². The van der Waals surface area contributed by atoms with Crippen LogP contribution in [0.1, 0.15) is 31.4 Å². The zero-order valence-corrected chi connectivity index (χ0v) is 18.2. The fourth-order valence-electron chi connectivity index (χ4n) is 3.56. The average molecular weight is 448 g/mol. The van der Waals surface area contributed by atoms with Crippen LogP contribution in [0, 0.1) is 11.6 Å². The van der Waals surface area contributed by atoms with Gasteiger partial charge in [0.2, 0.25) is 5.82 Å². The first-order chi connectivity index (χ1) is 14.6. The highest BCUT2D eigenvalue weighted by atomic mass is 32.2. The molecule has 4 rings (SSSR count). The third kappa shape index (κ3) is 4.94. The van der Waals surface area contributed by atoms with Crippen molar-refractivity contribution in [3.8, 4) is 5.75 Å². The number of aromatic nitrogens is 1. The lowest BCUT2D eigenvalue weighted by molar-refractivity contribution is 0.0765. The zero-order chi connectivity index (χ0) is 20.9. The van der Waals surface area contributed by atoms with Gasteiger partial charge in [0.1, 0.15) is 11.9 Å². The minimum Gasteiger partial charge on any atom is -0.487 e. The van der Waals surface area contributed by atoms with Gasteiger partial charge < -0.3 is 9.46 Å². The number of likely N-dealkylation sites (tertiary alicyclic amines) is 1. The van der Waals surface area contributed by atoms with Crippen molar-refractivity contribution < 1.29 is 13.5 Å². The number of halogens is 2. The molecule has 0 saturated carbocycles. The van der Waals surface area contributed by atoms with Crippen molar-refractivity contribution in [2.24, 2.45) is 0 Å². The molecule has 0 spiro atoms. The molecular formula is C22H23F2N3OS2. The molecule has 3 aromatic rings. The Morgan fingerprint density at radius 2 is 1.90 bits per heavy atom. The van der Waals surface area contributed by atoms with Crippen molar-refractivity contribution in [2.75, 3.05) is 17.8 Å². The van der Waals surface area contributed by atoms with Crippen molar-refractivity contribution in [2.45, 2.75) is 36.8 Å². The third-order valence-electron chi connectivity index (χ3n) is 5.31. The number of rotatable bonds is 7. The van der Waals surface area contributed by atoms with Crippen LogP contribution in [-0.2, 0) is 0 Å². The van der Waals surface area contributed by atoms with Gasteiger partial charge in [-0.15, -0.1) is 11.3 Å². The fraction of sp³-hybridized carbons (Fsp3) is 0.318. The van der Waals surface area contributed by atoms with E-state index in [9.17, 15) is 8.78 Å². The SMILES string of the molecule is CC(c1ccccc1)N1CCC(Oc2ccc(SNc3cscn3)c(F)c2F)CC1. The van der Waals surface area contributed by atoms with Crippen LogP contribution in [0.25, 0.3) is 0 Å². The third-order valence-corrected chi connectivity index (χ3v) is 6.74. The van der Waals surface area contributed by atoms with E-state index in [2.05, 4.69) is 33.7 Å². The number of thiazole rings is 1. The van der Waals surface area contributed by atoms with Crippen LogP contribution >= 0.6 is 23.3 Å². The van der Waals surface area contributed by atoms with Crippen molar-refractivity contribution in [3.05, 3.63) is 70.6 Å². The maximum atomic E-state index is 14.5. The molecule has 2 heterocycles. The van der Waals surface area contributed by atoms with Crippen molar-refractivity contribution in [3.63, 3.8) is 0 Å². The van der Waals surface area contributed by atoms with E-state index >= 15 is 0 Å². The van der Waals surface area contributed by atoms with E-state index in [1.807, 2.05) is 18.2 Å². The van der Waals surface area contributed by atoms with Gasteiger partial charge in [-0.3, -0.25) is 4.90 Å². The van der Waals surface area contributed by atoms with Gasteiger partial charge in [-0.1, -0.05) is 30.3 Å². The van der Waals surface area contributed by atoms with Crippen LogP contribution in [0.4, 0.5) is 14.6 Å². The second-order valence-electron chi connectivity index (χ2n) is 7.21. The van der Waals surface area contributed by atoms with Crippen LogP contribution in [-0.4, -0.2) is 29.1 Å². The molecule has 1 unspecified atom stereocenters. The monoisotopic (exact) mass is 447 g/mol. The predicted octanol–water partition coefficient (Wildman–Crippen LogP) is 6.14. The lowest BCUT2D eigenvalue weighted by atomic mass is 10.0. The van der Waals surface area contributed by atoms with Gasteiger partial charge in [0.05, 0.1) is 10.4 Å². The van der Waals surface area contributed by atoms with Gasteiger partial charge in [0.25, 0.3) is 0 Å². The van der Waals surface area contributed by atoms with Crippen molar-refractivity contribution in [1.82, 2.24) is 9.88 Å². The highest BCUT2D eigenvalue weighted by Crippen LogP contribution is 2.32. The summed E-state index contributed by atoms with van der Waals surface area (Å²) >= 11 is 2.42. The smallest absolute Gasteiger partial charge is 0.201 e. The van der Waals surface area contributed by atoms with E-state index in [1.165, 1.54) is 29.0 Å². The molecule has 1 aliphatic heterocycles. The summed E-state index contributed by atoms with van der Waals surface area (Å²) in [7, 11) is 0. The molecule has 30 heavy (non-hydrogen) atoms. The second-order valence-corrected chi connectivity index (χ2v) is 8.77. The Kier molecular flexibility index (Phi) is 6.86. The number of hydrogen-bond acceptors (Lipinski definition) is 6. The minimum absolute atomic E-state index is 0.0277. The molecule has 1 N–H and O–H groups in total. The number of anilines is 1. The fourth-order valence-corrected chi connectivity index (χ4v) is 4.76. The molecule has 1 aromatic heterocycles. The topological polar surface area (TPSA) is 37.4 Å². The molecule has 4 nitrogen and oxygen atoms in total. The molecular weight excluding hydrogens is 424 g/mol. The summed E-state index contributed by atoms with van der Waals surface area (Å²) in [4.78, 5) is 6.62. The quantitative estimate of drug-likeness (QED) is 0.440. The summed E-state index contributed by atoms with van der Waals surface area (Å²) in [6, 6.07) is 13.7. The Hall–Kier alpha value is -2.16. The highest BCUT2D eigenvalue weighted by molar-refractivity contribution is 8.00. The zero-order valence-electron chi connectivity index (χ0n) is 16.6. The molecule has 1 saturated heterocycles. The summed E-state index contributed by atoms with van der Waals surface area (Å²) in [6.45, 7) is 3.91. The maximum Gasteiger partial charge on any atom is 0.201 e. The van der Waals surface area contributed by atoms with E-state index < -0.39 is 11.6 Å². The first kappa shape index (κ1) is 21.1. The number of benzene rings is 2. The van der Waals surface area contributed by atoms with Crippen LogP contribution < -0.4 is 9.46 Å². The molecule has 0 radical (unpaired) electrons. The van der Waals surface area contributed by atoms with Gasteiger partial charge in [-0.25, -0.2) is 9.37 Å². The minimum atomic E-state index is -0.944. The number of nitrogens with zero attached hydrogens (tertiary/aromatic N) is 2. The molecule has 1 aliphatic rings. The van der Waals surface area contributed by atoms with Crippen LogP contribution in [0.5, 0.6) is 5.75 Å². The molecule has 158 valence electrons. The van der Waals surface area contributed by atoms with Gasteiger partial charge in [-0.2, -0.15) is 4.39 Å². The van der Waals surface area contributed by atoms with E-state index in [0.29, 0.717) is 11.9 Å². The van der Waals surface area contributed by atoms with E-state index in [0.717, 1.165) is 37.9 Å². The Bertz CT molecular complexity index is 949. The number of hydrogen-bond donors (Lipinski definition) is 1. The van der Waals surface area contributed by atoms with Crippen LogP contribution in [0.2, 0.25) is 0 Å². The summed E-state index contributed by atoms with van der Waals surface area (Å²) < 4.78 is 37.7. The molecule has 8 heteroatoms. The number of nitrogens with one attached hydrogen (secondary N) is 1. The van der Waals surface area contributed by atoms with Crippen LogP contribution in [0.15, 0.2) is 58.3 Å². The second kappa shape index (κ2) is 9.76. The number of ether oxygens (including phenoxy) is 1. The van der Waals surface area contributed by atoms with Gasteiger partial charge in [0, 0.05) is 24.5 Å². The van der Waals surface area contributed by atoms with Crippen molar-refractivity contribution in [1.29, 1.82) is 0 Å². The van der Waals surface area contributed by atoms with E-state index in [4.69, 9.17) is 4.74 Å². The Morgan fingerprint density at radius 1 is 1.13 bits per heavy atom. The molecule has 1 atom stereocenters. The normalized spacial score (nSPS) is 16.4. The van der Waals surface area contributed by atoms with Crippen LogP contribution in [0.3, 0.4) is 0 Å². The molecule has 0 amide bonds. The first-order valence-corrected chi connectivity index (χ1v) is 11.6. The predicted molar refractivity (Wildman–Crippen MR) is 118 cm³/mol. The Balaban J connectivity index is 1.33.